The number of aryl methyl sites for hydroxylation is 2. The zero-order valence-electron chi connectivity index (χ0n) is 28.5. The maximum atomic E-state index is 5.29. The number of fused-ring (bicyclic) bond motifs is 6. The maximum Gasteiger partial charge on any atom is 0.179 e. The lowest BCUT2D eigenvalue weighted by Gasteiger charge is -2.34. The van der Waals surface area contributed by atoms with Gasteiger partial charge in [-0.25, -0.2) is 9.97 Å². The van der Waals surface area contributed by atoms with E-state index in [1.807, 2.05) is 17.5 Å². The third-order valence-corrected chi connectivity index (χ3v) is 16.8. The van der Waals surface area contributed by atoms with E-state index in [-0.39, 0.29) is 0 Å². The molecule has 1 aliphatic carbocycles. The van der Waals surface area contributed by atoms with Gasteiger partial charge in [0.05, 0.1) is 5.69 Å². The fourth-order valence-electron chi connectivity index (χ4n) is 8.42. The highest BCUT2D eigenvalue weighted by Crippen LogP contribution is 2.44. The lowest BCUT2D eigenvalue weighted by molar-refractivity contribution is 0.944. The van der Waals surface area contributed by atoms with Gasteiger partial charge in [-0.05, 0) is 80.1 Å². The van der Waals surface area contributed by atoms with Crippen molar-refractivity contribution in [1.29, 1.82) is 0 Å². The zero-order valence-corrected chi connectivity index (χ0v) is 30.4. The first kappa shape index (κ1) is 30.8. The van der Waals surface area contributed by atoms with Crippen LogP contribution < -0.4 is 20.7 Å². The van der Waals surface area contributed by atoms with Crippen LogP contribution in [0.1, 0.15) is 11.1 Å². The first-order valence-electron chi connectivity index (χ1n) is 17.9. The SMILES string of the molecule is c1ccc([Si](c2ccccc2)(c2ccccc2)c2cccc(-c3ccnc(-c4cccc5c4sc4cc6c(cc45)CCc4ccccc4-6)n3)c2)cc1. The van der Waals surface area contributed by atoms with Gasteiger partial charge in [0.25, 0.3) is 0 Å². The van der Waals surface area contributed by atoms with Crippen LogP contribution in [0.3, 0.4) is 0 Å². The molecule has 2 heterocycles. The van der Waals surface area contributed by atoms with Crippen molar-refractivity contribution < 1.29 is 0 Å². The summed E-state index contributed by atoms with van der Waals surface area (Å²) in [7, 11) is -2.67. The second-order valence-corrected chi connectivity index (χ2v) is 18.5. The van der Waals surface area contributed by atoms with E-state index >= 15 is 0 Å². The minimum Gasteiger partial charge on any atom is -0.236 e. The number of aromatic nitrogens is 2. The fourth-order valence-corrected chi connectivity index (χ4v) is 14.4. The monoisotopic (exact) mass is 698 g/mol. The van der Waals surface area contributed by atoms with Gasteiger partial charge in [0.1, 0.15) is 0 Å². The third kappa shape index (κ3) is 4.98. The summed E-state index contributed by atoms with van der Waals surface area (Å²) in [6, 6.07) is 64.7. The molecule has 0 amide bonds. The standard InChI is InChI=1S/C48H34N2SSi/c1-4-16-36(17-5-1)52(37-18-6-2-7-19-37,38-20-8-3-9-21-38)39-22-12-15-35(30-39)45-28-29-49-48(50-45)42-25-13-24-41-44-31-34-27-26-33-14-10-11-23-40(33)43(34)32-46(44)51-47(41)42/h1-25,28-32H,26-27H2. The number of nitrogens with zero attached hydrogens (tertiary/aromatic N) is 2. The molecule has 0 spiro atoms. The number of rotatable bonds is 6. The zero-order chi connectivity index (χ0) is 34.5. The summed E-state index contributed by atoms with van der Waals surface area (Å²) >= 11 is 1.86. The summed E-state index contributed by atoms with van der Waals surface area (Å²) in [5.74, 6) is 0.757. The first-order valence-corrected chi connectivity index (χ1v) is 20.8. The summed E-state index contributed by atoms with van der Waals surface area (Å²) in [5.41, 5.74) is 8.74. The van der Waals surface area contributed by atoms with Gasteiger partial charge in [-0.1, -0.05) is 152 Å². The van der Waals surface area contributed by atoms with Gasteiger partial charge in [0.15, 0.2) is 13.9 Å². The van der Waals surface area contributed by atoms with Gasteiger partial charge >= 0.3 is 0 Å². The summed E-state index contributed by atoms with van der Waals surface area (Å²) in [6.07, 6.45) is 4.09. The number of thiophene rings is 1. The molecule has 0 bridgehead atoms. The van der Waals surface area contributed by atoms with Crippen LogP contribution in [-0.2, 0) is 12.8 Å². The minimum atomic E-state index is -2.67. The van der Waals surface area contributed by atoms with Crippen molar-refractivity contribution in [2.45, 2.75) is 12.8 Å². The Morgan fingerprint density at radius 1 is 0.462 bits per heavy atom. The second-order valence-electron chi connectivity index (χ2n) is 13.6. The lowest BCUT2D eigenvalue weighted by atomic mass is 9.85. The highest BCUT2D eigenvalue weighted by atomic mass is 32.1. The van der Waals surface area contributed by atoms with Crippen molar-refractivity contribution in [3.63, 3.8) is 0 Å². The van der Waals surface area contributed by atoms with E-state index in [9.17, 15) is 0 Å². The van der Waals surface area contributed by atoms with Crippen molar-refractivity contribution in [3.05, 3.63) is 193 Å². The van der Waals surface area contributed by atoms with Crippen LogP contribution in [0, 0.1) is 0 Å². The predicted octanol–water partition coefficient (Wildman–Crippen LogP) is 9.32. The quantitative estimate of drug-likeness (QED) is 0.128. The molecule has 0 fully saturated rings. The van der Waals surface area contributed by atoms with Crippen LogP contribution in [0.15, 0.2) is 182 Å². The molecule has 0 saturated carbocycles. The molecule has 0 N–H and O–H groups in total. The van der Waals surface area contributed by atoms with Crippen LogP contribution >= 0.6 is 11.3 Å². The smallest absolute Gasteiger partial charge is 0.179 e. The molecule has 52 heavy (non-hydrogen) atoms. The van der Waals surface area contributed by atoms with E-state index in [4.69, 9.17) is 9.97 Å². The van der Waals surface area contributed by atoms with E-state index in [0.717, 1.165) is 35.5 Å². The first-order chi connectivity index (χ1) is 25.8. The third-order valence-electron chi connectivity index (χ3n) is 10.8. The van der Waals surface area contributed by atoms with Gasteiger partial charge in [0, 0.05) is 37.5 Å². The van der Waals surface area contributed by atoms with Crippen LogP contribution in [0.4, 0.5) is 0 Å². The Labute approximate surface area is 308 Å². The molecule has 2 aromatic heterocycles. The second kappa shape index (κ2) is 12.7. The van der Waals surface area contributed by atoms with E-state index in [1.165, 1.54) is 63.2 Å². The number of hydrogen-bond donors (Lipinski definition) is 0. The molecule has 7 aromatic carbocycles. The molecule has 0 atom stereocenters. The Bertz CT molecular complexity index is 2640. The maximum absolute atomic E-state index is 5.29. The Balaban J connectivity index is 1.12. The molecule has 4 heteroatoms. The fraction of sp³-hybridized carbons (Fsp3) is 0.0417. The molecule has 246 valence electrons. The van der Waals surface area contributed by atoms with E-state index in [0.29, 0.717) is 0 Å². The van der Waals surface area contributed by atoms with Crippen molar-refractivity contribution in [2.24, 2.45) is 0 Å². The molecule has 10 rings (SSSR count). The molecule has 0 aliphatic heterocycles. The van der Waals surface area contributed by atoms with Crippen LogP contribution in [0.2, 0.25) is 0 Å². The largest absolute Gasteiger partial charge is 0.236 e. The average Bonchev–Trinajstić information content (AvgIpc) is 3.59. The van der Waals surface area contributed by atoms with Gasteiger partial charge in [-0.3, -0.25) is 0 Å². The minimum absolute atomic E-state index is 0.757. The summed E-state index contributed by atoms with van der Waals surface area (Å²) < 4.78 is 2.55. The van der Waals surface area contributed by atoms with E-state index in [1.54, 1.807) is 0 Å². The van der Waals surface area contributed by atoms with Crippen molar-refractivity contribution in [2.75, 3.05) is 0 Å². The Hall–Kier alpha value is -5.94. The Morgan fingerprint density at radius 2 is 1.08 bits per heavy atom. The molecule has 0 radical (unpaired) electrons. The predicted molar refractivity (Wildman–Crippen MR) is 222 cm³/mol. The molecule has 2 nitrogen and oxygen atoms in total. The highest BCUT2D eigenvalue weighted by Gasteiger charge is 2.41. The number of hydrogen-bond acceptors (Lipinski definition) is 3. The van der Waals surface area contributed by atoms with Gasteiger partial charge < -0.3 is 0 Å². The molecular weight excluding hydrogens is 665 g/mol. The van der Waals surface area contributed by atoms with Gasteiger partial charge in [0.2, 0.25) is 0 Å². The van der Waals surface area contributed by atoms with E-state index < -0.39 is 8.07 Å². The summed E-state index contributed by atoms with van der Waals surface area (Å²) in [4.78, 5) is 10.2. The van der Waals surface area contributed by atoms with E-state index in [2.05, 4.69) is 176 Å². The summed E-state index contributed by atoms with van der Waals surface area (Å²) in [6.45, 7) is 0. The van der Waals surface area contributed by atoms with Crippen molar-refractivity contribution in [1.82, 2.24) is 9.97 Å². The average molecular weight is 699 g/mol. The van der Waals surface area contributed by atoms with Crippen molar-refractivity contribution in [3.8, 4) is 33.8 Å². The Morgan fingerprint density at radius 3 is 1.81 bits per heavy atom. The van der Waals surface area contributed by atoms with Crippen molar-refractivity contribution >= 4 is 60.3 Å². The topological polar surface area (TPSA) is 25.8 Å². The number of benzene rings is 7. The lowest BCUT2D eigenvalue weighted by Crippen LogP contribution is -2.74. The van der Waals surface area contributed by atoms with Crippen LogP contribution in [0.25, 0.3) is 53.9 Å². The molecular formula is C48H34N2SSi. The van der Waals surface area contributed by atoms with Crippen LogP contribution in [-0.4, -0.2) is 18.0 Å². The van der Waals surface area contributed by atoms with Gasteiger partial charge in [-0.2, -0.15) is 0 Å². The Kier molecular flexibility index (Phi) is 7.52. The van der Waals surface area contributed by atoms with Gasteiger partial charge in [-0.15, -0.1) is 11.3 Å². The molecule has 0 unspecified atom stereocenters. The van der Waals surface area contributed by atoms with Crippen LogP contribution in [0.5, 0.6) is 0 Å². The molecule has 1 aliphatic rings. The normalized spacial score (nSPS) is 12.5. The highest BCUT2D eigenvalue weighted by molar-refractivity contribution is 7.26. The summed E-state index contributed by atoms with van der Waals surface area (Å²) in [5, 5.41) is 8.00. The molecule has 0 saturated heterocycles. The molecule has 9 aromatic rings.